The SMILES string of the molecule is C#Cc1ccc(C(=O)N2CC[C@@H]2C(=O)NO)cc1SC(F)(F)F. The van der Waals surface area contributed by atoms with Gasteiger partial charge in [-0.1, -0.05) is 5.92 Å². The molecule has 0 bridgehead atoms. The molecule has 1 atom stereocenters. The van der Waals surface area contributed by atoms with E-state index in [1.54, 1.807) is 0 Å². The van der Waals surface area contributed by atoms with Gasteiger partial charge in [0.1, 0.15) is 6.04 Å². The lowest BCUT2D eigenvalue weighted by molar-refractivity contribution is -0.137. The normalized spacial score (nSPS) is 17.2. The minimum Gasteiger partial charge on any atom is -0.326 e. The summed E-state index contributed by atoms with van der Waals surface area (Å²) in [4.78, 5) is 24.6. The van der Waals surface area contributed by atoms with Crippen LogP contribution in [0.3, 0.4) is 0 Å². The van der Waals surface area contributed by atoms with Gasteiger partial charge in [-0.2, -0.15) is 13.2 Å². The molecule has 1 heterocycles. The number of hydrogen-bond donors (Lipinski definition) is 2. The standard InChI is InChI=1S/C14H11F3N2O3S/c1-2-8-3-4-9(7-11(8)23-14(15,16)17)13(21)19-6-5-10(19)12(20)18-22/h1,3-4,7,10,22H,5-6H2,(H,18,20)/t10-/m1/s1. The van der Waals surface area contributed by atoms with Gasteiger partial charge in [0.2, 0.25) is 0 Å². The molecule has 1 fully saturated rings. The van der Waals surface area contributed by atoms with Crippen molar-refractivity contribution in [1.29, 1.82) is 0 Å². The topological polar surface area (TPSA) is 69.6 Å². The molecule has 1 aliphatic heterocycles. The second-order valence-corrected chi connectivity index (χ2v) is 5.79. The first-order valence-corrected chi connectivity index (χ1v) is 7.20. The van der Waals surface area contributed by atoms with E-state index in [1.165, 1.54) is 22.5 Å². The lowest BCUT2D eigenvalue weighted by Crippen LogP contribution is -2.57. The fourth-order valence-electron chi connectivity index (χ4n) is 2.13. The third-order valence-electron chi connectivity index (χ3n) is 3.30. The van der Waals surface area contributed by atoms with Crippen LogP contribution in [-0.4, -0.2) is 40.0 Å². The van der Waals surface area contributed by atoms with Gasteiger partial charge >= 0.3 is 5.51 Å². The summed E-state index contributed by atoms with van der Waals surface area (Å²) < 4.78 is 37.7. The van der Waals surface area contributed by atoms with Crippen molar-refractivity contribution < 1.29 is 28.0 Å². The summed E-state index contributed by atoms with van der Waals surface area (Å²) in [5.74, 6) is 0.794. The number of nitrogens with one attached hydrogen (secondary N) is 1. The van der Waals surface area contributed by atoms with Crippen LogP contribution in [0.2, 0.25) is 0 Å². The van der Waals surface area contributed by atoms with Crippen LogP contribution < -0.4 is 5.48 Å². The molecular formula is C14H11F3N2O3S. The Balaban J connectivity index is 2.26. The maximum Gasteiger partial charge on any atom is 0.446 e. The van der Waals surface area contributed by atoms with Crippen molar-refractivity contribution in [2.75, 3.05) is 6.54 Å². The van der Waals surface area contributed by atoms with Gasteiger partial charge in [-0.3, -0.25) is 14.8 Å². The monoisotopic (exact) mass is 344 g/mol. The molecule has 2 N–H and O–H groups in total. The highest BCUT2D eigenvalue weighted by molar-refractivity contribution is 8.00. The zero-order chi connectivity index (χ0) is 17.2. The average molecular weight is 344 g/mol. The molecule has 0 aromatic heterocycles. The van der Waals surface area contributed by atoms with Gasteiger partial charge < -0.3 is 4.90 Å². The molecule has 0 saturated carbocycles. The number of carbonyl (C=O) groups excluding carboxylic acids is 2. The quantitative estimate of drug-likeness (QED) is 0.381. The highest BCUT2D eigenvalue weighted by atomic mass is 32.2. The Hall–Kier alpha value is -2.18. The van der Waals surface area contributed by atoms with Gasteiger partial charge in [0.05, 0.1) is 0 Å². The van der Waals surface area contributed by atoms with Crippen molar-refractivity contribution in [2.24, 2.45) is 0 Å². The Labute approximate surface area is 133 Å². The Kier molecular flexibility index (Phi) is 4.87. The van der Waals surface area contributed by atoms with Crippen LogP contribution in [0.4, 0.5) is 13.2 Å². The molecule has 0 aliphatic carbocycles. The molecule has 9 heteroatoms. The van der Waals surface area contributed by atoms with Crippen molar-refractivity contribution in [2.45, 2.75) is 22.9 Å². The maximum absolute atomic E-state index is 12.6. The molecule has 0 spiro atoms. The van der Waals surface area contributed by atoms with Crippen LogP contribution in [0.5, 0.6) is 0 Å². The van der Waals surface area contributed by atoms with Crippen molar-refractivity contribution in [3.63, 3.8) is 0 Å². The van der Waals surface area contributed by atoms with Gasteiger partial charge in [0, 0.05) is 22.6 Å². The number of likely N-dealkylation sites (tertiary alicyclic amines) is 1. The molecule has 5 nitrogen and oxygen atoms in total. The number of benzene rings is 1. The van der Waals surface area contributed by atoms with Crippen molar-refractivity contribution >= 4 is 23.6 Å². The van der Waals surface area contributed by atoms with Crippen LogP contribution in [0, 0.1) is 12.3 Å². The van der Waals surface area contributed by atoms with Crippen molar-refractivity contribution in [3.05, 3.63) is 29.3 Å². The molecule has 0 radical (unpaired) electrons. The molecule has 0 unspecified atom stereocenters. The minimum absolute atomic E-state index is 0.00816. The lowest BCUT2D eigenvalue weighted by Gasteiger charge is -2.39. The van der Waals surface area contributed by atoms with Gasteiger partial charge in [0.15, 0.2) is 0 Å². The minimum atomic E-state index is -4.54. The maximum atomic E-state index is 12.6. The molecule has 1 aliphatic rings. The first-order chi connectivity index (χ1) is 10.8. The van der Waals surface area contributed by atoms with Gasteiger partial charge in [-0.25, -0.2) is 5.48 Å². The molecule has 122 valence electrons. The van der Waals surface area contributed by atoms with E-state index in [0.29, 0.717) is 6.42 Å². The van der Waals surface area contributed by atoms with E-state index in [9.17, 15) is 22.8 Å². The van der Waals surface area contributed by atoms with Crippen LogP contribution in [0.15, 0.2) is 23.1 Å². The number of halogens is 3. The summed E-state index contributed by atoms with van der Waals surface area (Å²) in [6.07, 6.45) is 5.53. The third kappa shape index (κ3) is 3.78. The summed E-state index contributed by atoms with van der Waals surface area (Å²) >= 11 is -0.400. The zero-order valence-electron chi connectivity index (χ0n) is 11.6. The Morgan fingerprint density at radius 2 is 2.13 bits per heavy atom. The molecule has 2 rings (SSSR count). The van der Waals surface area contributed by atoms with Gasteiger partial charge in [0.25, 0.3) is 11.8 Å². The molecular weight excluding hydrogens is 333 g/mol. The fourth-order valence-corrected chi connectivity index (χ4v) is 2.80. The molecule has 23 heavy (non-hydrogen) atoms. The number of terminal acetylenes is 1. The summed E-state index contributed by atoms with van der Waals surface area (Å²) in [6, 6.07) is 2.78. The van der Waals surface area contributed by atoms with Crippen molar-refractivity contribution in [3.8, 4) is 12.3 Å². The average Bonchev–Trinajstić information content (AvgIpc) is 2.44. The number of nitrogens with zero attached hydrogens (tertiary/aromatic N) is 1. The summed E-state index contributed by atoms with van der Waals surface area (Å²) in [6.45, 7) is 0.273. The van der Waals surface area contributed by atoms with Crippen LogP contribution in [0.1, 0.15) is 22.3 Å². The predicted octanol–water partition coefficient (Wildman–Crippen LogP) is 2.00. The number of amides is 2. The molecule has 1 aromatic carbocycles. The Morgan fingerprint density at radius 3 is 2.61 bits per heavy atom. The summed E-state index contributed by atoms with van der Waals surface area (Å²) in [5.41, 5.74) is -3.07. The number of hydroxylamine groups is 1. The number of thioether (sulfide) groups is 1. The third-order valence-corrected chi connectivity index (χ3v) is 4.09. The van der Waals surface area contributed by atoms with Crippen LogP contribution in [-0.2, 0) is 4.79 Å². The largest absolute Gasteiger partial charge is 0.446 e. The predicted molar refractivity (Wildman–Crippen MR) is 75.7 cm³/mol. The second-order valence-electron chi connectivity index (χ2n) is 4.68. The summed E-state index contributed by atoms with van der Waals surface area (Å²) in [7, 11) is 0. The Bertz CT molecular complexity index is 685. The van der Waals surface area contributed by atoms with E-state index < -0.39 is 35.1 Å². The molecule has 1 saturated heterocycles. The van der Waals surface area contributed by atoms with Gasteiger partial charge in [-0.05, 0) is 36.4 Å². The number of hydrogen-bond acceptors (Lipinski definition) is 4. The highest BCUT2D eigenvalue weighted by Gasteiger charge is 2.38. The second kappa shape index (κ2) is 6.52. The van der Waals surface area contributed by atoms with Gasteiger partial charge in [-0.15, -0.1) is 6.42 Å². The van der Waals surface area contributed by atoms with Crippen LogP contribution >= 0.6 is 11.8 Å². The van der Waals surface area contributed by atoms with E-state index in [1.807, 2.05) is 0 Å². The molecule has 1 aromatic rings. The number of rotatable bonds is 3. The van der Waals surface area contributed by atoms with Crippen molar-refractivity contribution in [1.82, 2.24) is 10.4 Å². The number of carbonyl (C=O) groups is 2. The fraction of sp³-hybridized carbons (Fsp3) is 0.286. The lowest BCUT2D eigenvalue weighted by atomic mass is 10.00. The summed E-state index contributed by atoms with van der Waals surface area (Å²) in [5, 5.41) is 8.59. The smallest absolute Gasteiger partial charge is 0.326 e. The van der Waals surface area contributed by atoms with Crippen LogP contribution in [0.25, 0.3) is 0 Å². The number of alkyl halides is 3. The first kappa shape index (κ1) is 17.2. The van der Waals surface area contributed by atoms with E-state index in [0.717, 1.165) is 6.07 Å². The van der Waals surface area contributed by atoms with E-state index in [4.69, 9.17) is 11.6 Å². The first-order valence-electron chi connectivity index (χ1n) is 6.38. The van der Waals surface area contributed by atoms with E-state index in [2.05, 4.69) is 5.92 Å². The Morgan fingerprint density at radius 1 is 1.43 bits per heavy atom. The van der Waals surface area contributed by atoms with E-state index in [-0.39, 0.29) is 22.6 Å². The molecule has 2 amide bonds. The van der Waals surface area contributed by atoms with E-state index >= 15 is 0 Å². The zero-order valence-corrected chi connectivity index (χ0v) is 12.4. The highest BCUT2D eigenvalue weighted by Crippen LogP contribution is 2.39.